The molecule has 4 heteroatoms. The van der Waals surface area contributed by atoms with Gasteiger partial charge in [-0.25, -0.2) is 4.39 Å². The fourth-order valence-corrected chi connectivity index (χ4v) is 2.91. The van der Waals surface area contributed by atoms with Crippen LogP contribution in [0.1, 0.15) is 38.9 Å². The van der Waals surface area contributed by atoms with Crippen LogP contribution >= 0.6 is 0 Å². The molecule has 0 aromatic carbocycles. The first-order valence-corrected chi connectivity index (χ1v) is 7.56. The lowest BCUT2D eigenvalue weighted by atomic mass is 9.87. The lowest BCUT2D eigenvalue weighted by Crippen LogP contribution is -2.42. The Bertz CT molecular complexity index is 420. The summed E-state index contributed by atoms with van der Waals surface area (Å²) in [7, 11) is 0. The van der Waals surface area contributed by atoms with Gasteiger partial charge in [0.1, 0.15) is 5.82 Å². The van der Waals surface area contributed by atoms with Gasteiger partial charge in [0.2, 0.25) is 0 Å². The van der Waals surface area contributed by atoms with Crippen LogP contribution in [-0.2, 0) is 0 Å². The Labute approximate surface area is 121 Å². The molecule has 1 saturated heterocycles. The summed E-state index contributed by atoms with van der Waals surface area (Å²) in [6.45, 7) is 10.1. The highest BCUT2D eigenvalue weighted by Gasteiger charge is 2.25. The minimum absolute atomic E-state index is 0.134. The fraction of sp³-hybridized carbons (Fsp3) is 0.688. The van der Waals surface area contributed by atoms with Gasteiger partial charge in [-0.1, -0.05) is 20.8 Å². The van der Waals surface area contributed by atoms with E-state index in [1.54, 1.807) is 6.07 Å². The molecule has 1 aromatic rings. The molecule has 1 aromatic heterocycles. The zero-order valence-corrected chi connectivity index (χ0v) is 12.7. The number of halogens is 1. The van der Waals surface area contributed by atoms with Crippen LogP contribution < -0.4 is 5.73 Å². The Hall–Kier alpha value is -1.00. The largest absolute Gasteiger partial charge is 0.322 e. The van der Waals surface area contributed by atoms with Gasteiger partial charge in [0.15, 0.2) is 0 Å². The van der Waals surface area contributed by atoms with Gasteiger partial charge in [-0.05, 0) is 42.9 Å². The molecule has 0 amide bonds. The van der Waals surface area contributed by atoms with Gasteiger partial charge in [-0.3, -0.25) is 4.98 Å². The predicted molar refractivity (Wildman–Crippen MR) is 79.7 cm³/mol. The molecule has 0 radical (unpaired) electrons. The summed E-state index contributed by atoms with van der Waals surface area (Å²) < 4.78 is 12.9. The van der Waals surface area contributed by atoms with Crippen LogP contribution in [0.25, 0.3) is 0 Å². The standard InChI is InChI=1S/C16H26FN3/c1-11-6-7-20(9-12(11)2)10-13(3)16(18)15-5-4-14(17)8-19-15/h4-5,8,11-13,16H,6-7,9-10,18H2,1-3H3. The summed E-state index contributed by atoms with van der Waals surface area (Å²) in [5, 5.41) is 0. The SMILES string of the molecule is CC1CCN(CC(C)C(N)c2ccc(F)cn2)CC1C. The number of piperidine rings is 1. The van der Waals surface area contributed by atoms with Crippen molar-refractivity contribution < 1.29 is 4.39 Å². The highest BCUT2D eigenvalue weighted by atomic mass is 19.1. The molecule has 112 valence electrons. The summed E-state index contributed by atoms with van der Waals surface area (Å²) in [5.74, 6) is 1.56. The molecule has 3 nitrogen and oxygen atoms in total. The lowest BCUT2D eigenvalue weighted by molar-refractivity contribution is 0.118. The molecule has 1 fully saturated rings. The van der Waals surface area contributed by atoms with Gasteiger partial charge in [0.05, 0.1) is 17.9 Å². The Morgan fingerprint density at radius 3 is 2.75 bits per heavy atom. The Morgan fingerprint density at radius 1 is 1.40 bits per heavy atom. The molecule has 1 aliphatic rings. The van der Waals surface area contributed by atoms with Crippen molar-refractivity contribution in [2.75, 3.05) is 19.6 Å². The van der Waals surface area contributed by atoms with Crippen LogP contribution in [0.2, 0.25) is 0 Å². The van der Waals surface area contributed by atoms with E-state index in [1.165, 1.54) is 18.7 Å². The number of nitrogens with two attached hydrogens (primary N) is 1. The molecular weight excluding hydrogens is 253 g/mol. The van der Waals surface area contributed by atoms with Gasteiger partial charge >= 0.3 is 0 Å². The summed E-state index contributed by atoms with van der Waals surface area (Å²) in [4.78, 5) is 6.60. The van der Waals surface area contributed by atoms with Crippen molar-refractivity contribution in [2.45, 2.75) is 33.2 Å². The molecule has 0 bridgehead atoms. The number of rotatable bonds is 4. The first-order valence-electron chi connectivity index (χ1n) is 7.56. The minimum Gasteiger partial charge on any atom is -0.322 e. The summed E-state index contributed by atoms with van der Waals surface area (Å²) >= 11 is 0. The highest BCUT2D eigenvalue weighted by Crippen LogP contribution is 2.25. The van der Waals surface area contributed by atoms with E-state index in [0.29, 0.717) is 5.92 Å². The number of pyridine rings is 1. The number of nitrogens with zero attached hydrogens (tertiary/aromatic N) is 2. The number of hydrogen-bond acceptors (Lipinski definition) is 3. The van der Waals surface area contributed by atoms with Crippen LogP contribution in [0.3, 0.4) is 0 Å². The van der Waals surface area contributed by atoms with E-state index in [2.05, 4.69) is 30.7 Å². The number of likely N-dealkylation sites (tertiary alicyclic amines) is 1. The van der Waals surface area contributed by atoms with Crippen LogP contribution in [0, 0.1) is 23.6 Å². The van der Waals surface area contributed by atoms with Gasteiger partial charge in [-0.15, -0.1) is 0 Å². The van der Waals surface area contributed by atoms with E-state index < -0.39 is 0 Å². The molecule has 0 aliphatic carbocycles. The first-order chi connectivity index (χ1) is 9.47. The quantitative estimate of drug-likeness (QED) is 0.921. The highest BCUT2D eigenvalue weighted by molar-refractivity contribution is 5.10. The van der Waals surface area contributed by atoms with Gasteiger partial charge in [0, 0.05) is 13.1 Å². The topological polar surface area (TPSA) is 42.1 Å². The van der Waals surface area contributed by atoms with Crippen molar-refractivity contribution in [1.29, 1.82) is 0 Å². The third-order valence-electron chi connectivity index (χ3n) is 4.67. The van der Waals surface area contributed by atoms with Gasteiger partial charge in [-0.2, -0.15) is 0 Å². The molecule has 2 heterocycles. The van der Waals surface area contributed by atoms with E-state index in [0.717, 1.165) is 37.2 Å². The molecule has 1 aliphatic heterocycles. The van der Waals surface area contributed by atoms with Crippen LogP contribution in [0.5, 0.6) is 0 Å². The van der Waals surface area contributed by atoms with E-state index in [4.69, 9.17) is 5.73 Å². The van der Waals surface area contributed by atoms with E-state index >= 15 is 0 Å². The Morgan fingerprint density at radius 2 is 2.15 bits per heavy atom. The first kappa shape index (κ1) is 15.4. The maximum Gasteiger partial charge on any atom is 0.141 e. The third kappa shape index (κ3) is 3.76. The summed E-state index contributed by atoms with van der Waals surface area (Å²) in [6.07, 6.45) is 2.50. The second kappa shape index (κ2) is 6.64. The van der Waals surface area contributed by atoms with E-state index in [-0.39, 0.29) is 11.9 Å². The van der Waals surface area contributed by atoms with Gasteiger partial charge in [0.25, 0.3) is 0 Å². The predicted octanol–water partition coefficient (Wildman–Crippen LogP) is 2.83. The maximum absolute atomic E-state index is 12.9. The molecule has 20 heavy (non-hydrogen) atoms. The smallest absolute Gasteiger partial charge is 0.141 e. The van der Waals surface area contributed by atoms with Crippen LogP contribution in [-0.4, -0.2) is 29.5 Å². The van der Waals surface area contributed by atoms with Crippen molar-refractivity contribution in [3.8, 4) is 0 Å². The fourth-order valence-electron chi connectivity index (χ4n) is 2.91. The van der Waals surface area contributed by atoms with Crippen LogP contribution in [0.4, 0.5) is 4.39 Å². The lowest BCUT2D eigenvalue weighted by Gasteiger charge is -2.37. The van der Waals surface area contributed by atoms with Gasteiger partial charge < -0.3 is 10.6 Å². The number of hydrogen-bond donors (Lipinski definition) is 1. The van der Waals surface area contributed by atoms with Crippen molar-refractivity contribution in [3.63, 3.8) is 0 Å². The zero-order chi connectivity index (χ0) is 14.7. The summed E-state index contributed by atoms with van der Waals surface area (Å²) in [5.41, 5.74) is 7.03. The molecular formula is C16H26FN3. The summed E-state index contributed by atoms with van der Waals surface area (Å²) in [6, 6.07) is 2.99. The number of aromatic nitrogens is 1. The average Bonchev–Trinajstić information content (AvgIpc) is 2.43. The maximum atomic E-state index is 12.9. The Kier molecular flexibility index (Phi) is 5.11. The average molecular weight is 279 g/mol. The Balaban J connectivity index is 1.91. The van der Waals surface area contributed by atoms with Crippen molar-refractivity contribution in [1.82, 2.24) is 9.88 Å². The molecule has 0 spiro atoms. The monoisotopic (exact) mass is 279 g/mol. The molecule has 2 rings (SSSR count). The molecule has 4 atom stereocenters. The second-order valence-corrected chi connectivity index (χ2v) is 6.41. The molecule has 2 N–H and O–H groups in total. The zero-order valence-electron chi connectivity index (χ0n) is 12.7. The van der Waals surface area contributed by atoms with E-state index in [9.17, 15) is 4.39 Å². The van der Waals surface area contributed by atoms with Crippen molar-refractivity contribution in [3.05, 3.63) is 29.8 Å². The third-order valence-corrected chi connectivity index (χ3v) is 4.67. The van der Waals surface area contributed by atoms with Crippen molar-refractivity contribution >= 4 is 0 Å². The molecule has 4 unspecified atom stereocenters. The van der Waals surface area contributed by atoms with E-state index in [1.807, 2.05) is 0 Å². The normalized spacial score (nSPS) is 27.2. The second-order valence-electron chi connectivity index (χ2n) is 6.41. The van der Waals surface area contributed by atoms with Crippen molar-refractivity contribution in [2.24, 2.45) is 23.5 Å². The molecule has 0 saturated carbocycles. The van der Waals surface area contributed by atoms with Crippen LogP contribution in [0.15, 0.2) is 18.3 Å². The minimum atomic E-state index is -0.313.